The Kier molecular flexibility index (Phi) is 1.70. The van der Waals surface area contributed by atoms with E-state index >= 15 is 0 Å². The highest BCUT2D eigenvalue weighted by molar-refractivity contribution is 4.91. The standard InChI is InChI=1S/C12H20/c1-3-9-7-10(4-1)12-6-2-5-11(9)8-12/h9-12H,1-8H2. The Morgan fingerprint density at radius 1 is 0.500 bits per heavy atom. The van der Waals surface area contributed by atoms with Gasteiger partial charge < -0.3 is 0 Å². The van der Waals surface area contributed by atoms with E-state index in [0.29, 0.717) is 0 Å². The van der Waals surface area contributed by atoms with Crippen LogP contribution >= 0.6 is 0 Å². The normalized spacial score (nSPS) is 52.0. The molecule has 0 heteroatoms. The van der Waals surface area contributed by atoms with Crippen LogP contribution in [0.25, 0.3) is 0 Å². The van der Waals surface area contributed by atoms with Crippen LogP contribution in [0, 0.1) is 23.7 Å². The summed E-state index contributed by atoms with van der Waals surface area (Å²) in [4.78, 5) is 0. The molecule has 0 heterocycles. The van der Waals surface area contributed by atoms with Gasteiger partial charge >= 0.3 is 0 Å². The zero-order chi connectivity index (χ0) is 7.97. The molecule has 3 rings (SSSR count). The second kappa shape index (κ2) is 2.75. The molecule has 0 N–H and O–H groups in total. The zero-order valence-electron chi connectivity index (χ0n) is 7.97. The highest BCUT2D eigenvalue weighted by Gasteiger charge is 2.40. The SMILES string of the molecule is C1CC2CC(C1)C1CCCC2C1. The van der Waals surface area contributed by atoms with Crippen molar-refractivity contribution in [2.75, 3.05) is 0 Å². The van der Waals surface area contributed by atoms with E-state index in [1.807, 2.05) is 0 Å². The van der Waals surface area contributed by atoms with Gasteiger partial charge in [0.25, 0.3) is 0 Å². The summed E-state index contributed by atoms with van der Waals surface area (Å²) < 4.78 is 0. The summed E-state index contributed by atoms with van der Waals surface area (Å²) in [5.74, 6) is 4.67. The Morgan fingerprint density at radius 2 is 0.833 bits per heavy atom. The Hall–Kier alpha value is 0. The first-order valence-electron chi connectivity index (χ1n) is 5.93. The molecule has 4 bridgehead atoms. The molecule has 0 aromatic rings. The molecule has 4 atom stereocenters. The minimum atomic E-state index is 1.17. The molecule has 0 aliphatic heterocycles. The number of hydrogen-bond donors (Lipinski definition) is 0. The van der Waals surface area contributed by atoms with Crippen molar-refractivity contribution < 1.29 is 0 Å². The van der Waals surface area contributed by atoms with E-state index < -0.39 is 0 Å². The fourth-order valence-corrected chi connectivity index (χ4v) is 4.25. The van der Waals surface area contributed by atoms with Crippen LogP contribution in [-0.2, 0) is 0 Å². The average molecular weight is 164 g/mol. The maximum absolute atomic E-state index is 1.62. The van der Waals surface area contributed by atoms with Crippen LogP contribution in [0.4, 0.5) is 0 Å². The lowest BCUT2D eigenvalue weighted by Crippen LogP contribution is -2.37. The molecule has 0 aromatic heterocycles. The van der Waals surface area contributed by atoms with Gasteiger partial charge in [-0.05, 0) is 36.5 Å². The minimum absolute atomic E-state index is 1.17. The zero-order valence-corrected chi connectivity index (χ0v) is 7.97. The quantitative estimate of drug-likeness (QED) is 0.513. The Labute approximate surface area is 75.7 Å². The van der Waals surface area contributed by atoms with Crippen molar-refractivity contribution >= 4 is 0 Å². The summed E-state index contributed by atoms with van der Waals surface area (Å²) in [5.41, 5.74) is 0. The third kappa shape index (κ3) is 1.03. The van der Waals surface area contributed by atoms with Crippen LogP contribution in [-0.4, -0.2) is 0 Å². The van der Waals surface area contributed by atoms with Crippen molar-refractivity contribution in [1.82, 2.24) is 0 Å². The van der Waals surface area contributed by atoms with Gasteiger partial charge in [0.05, 0.1) is 0 Å². The van der Waals surface area contributed by atoms with E-state index in [2.05, 4.69) is 0 Å². The molecule has 0 nitrogen and oxygen atoms in total. The van der Waals surface area contributed by atoms with Crippen molar-refractivity contribution in [2.45, 2.75) is 51.4 Å². The monoisotopic (exact) mass is 164 g/mol. The lowest BCUT2D eigenvalue weighted by Gasteiger charge is -2.48. The molecule has 3 fully saturated rings. The predicted octanol–water partition coefficient (Wildman–Crippen LogP) is 3.61. The minimum Gasteiger partial charge on any atom is -0.0528 e. The van der Waals surface area contributed by atoms with E-state index in [9.17, 15) is 0 Å². The first-order valence-corrected chi connectivity index (χ1v) is 5.93. The molecule has 0 saturated heterocycles. The highest BCUT2D eigenvalue weighted by Crippen LogP contribution is 2.51. The van der Waals surface area contributed by atoms with Gasteiger partial charge in [0.1, 0.15) is 0 Å². The fraction of sp³-hybridized carbons (Fsp3) is 1.00. The molecule has 3 aliphatic carbocycles. The largest absolute Gasteiger partial charge is 0.0528 e. The molecular formula is C12H20. The topological polar surface area (TPSA) is 0 Å². The Morgan fingerprint density at radius 3 is 1.17 bits per heavy atom. The molecule has 12 heavy (non-hydrogen) atoms. The van der Waals surface area contributed by atoms with Gasteiger partial charge in [-0.2, -0.15) is 0 Å². The lowest BCUT2D eigenvalue weighted by molar-refractivity contribution is 0.0278. The van der Waals surface area contributed by atoms with Gasteiger partial charge in [-0.25, -0.2) is 0 Å². The smallest absolute Gasteiger partial charge is 0.0383 e. The summed E-state index contributed by atoms with van der Waals surface area (Å²) in [6.07, 6.45) is 12.7. The fourth-order valence-electron chi connectivity index (χ4n) is 4.25. The van der Waals surface area contributed by atoms with Gasteiger partial charge in [0.15, 0.2) is 0 Å². The summed E-state index contributed by atoms with van der Waals surface area (Å²) in [5, 5.41) is 0. The van der Waals surface area contributed by atoms with Crippen LogP contribution < -0.4 is 0 Å². The molecule has 0 aromatic carbocycles. The van der Waals surface area contributed by atoms with Crippen molar-refractivity contribution in [3.8, 4) is 0 Å². The molecule has 0 radical (unpaired) electrons. The van der Waals surface area contributed by atoms with E-state index in [-0.39, 0.29) is 0 Å². The van der Waals surface area contributed by atoms with Gasteiger partial charge in [-0.15, -0.1) is 0 Å². The second-order valence-electron chi connectivity index (χ2n) is 5.37. The molecule has 4 unspecified atom stereocenters. The van der Waals surface area contributed by atoms with Crippen LogP contribution in [0.5, 0.6) is 0 Å². The van der Waals surface area contributed by atoms with Gasteiger partial charge in [0.2, 0.25) is 0 Å². The lowest BCUT2D eigenvalue weighted by atomic mass is 9.57. The van der Waals surface area contributed by atoms with Crippen LogP contribution in [0.2, 0.25) is 0 Å². The van der Waals surface area contributed by atoms with Crippen LogP contribution in [0.1, 0.15) is 51.4 Å². The van der Waals surface area contributed by atoms with Crippen molar-refractivity contribution in [1.29, 1.82) is 0 Å². The second-order valence-corrected chi connectivity index (χ2v) is 5.37. The molecule has 0 spiro atoms. The van der Waals surface area contributed by atoms with E-state index in [1.54, 1.807) is 51.4 Å². The average Bonchev–Trinajstić information content (AvgIpc) is 2.17. The number of fused-ring (bicyclic) bond motifs is 6. The Bertz CT molecular complexity index is 137. The first kappa shape index (κ1) is 7.41. The maximum Gasteiger partial charge on any atom is -0.0383 e. The van der Waals surface area contributed by atoms with Gasteiger partial charge in [-0.1, -0.05) is 38.5 Å². The van der Waals surface area contributed by atoms with Gasteiger partial charge in [0, 0.05) is 0 Å². The third-order valence-electron chi connectivity index (χ3n) is 4.84. The summed E-state index contributed by atoms with van der Waals surface area (Å²) in [7, 11) is 0. The van der Waals surface area contributed by atoms with Crippen molar-refractivity contribution in [3.05, 3.63) is 0 Å². The summed E-state index contributed by atoms with van der Waals surface area (Å²) >= 11 is 0. The van der Waals surface area contributed by atoms with Crippen molar-refractivity contribution in [2.24, 2.45) is 23.7 Å². The van der Waals surface area contributed by atoms with Crippen molar-refractivity contribution in [3.63, 3.8) is 0 Å². The van der Waals surface area contributed by atoms with E-state index in [4.69, 9.17) is 0 Å². The van der Waals surface area contributed by atoms with E-state index in [0.717, 1.165) is 0 Å². The Balaban J connectivity index is 1.83. The summed E-state index contributed by atoms with van der Waals surface area (Å²) in [6.45, 7) is 0. The summed E-state index contributed by atoms with van der Waals surface area (Å²) in [6, 6.07) is 0. The predicted molar refractivity (Wildman–Crippen MR) is 50.9 cm³/mol. The highest BCUT2D eigenvalue weighted by atomic mass is 14.5. The molecule has 3 saturated carbocycles. The first-order chi connectivity index (χ1) is 5.93. The number of rotatable bonds is 0. The molecule has 3 aliphatic rings. The van der Waals surface area contributed by atoms with Crippen LogP contribution in [0.15, 0.2) is 0 Å². The van der Waals surface area contributed by atoms with E-state index in [1.165, 1.54) is 23.7 Å². The third-order valence-corrected chi connectivity index (χ3v) is 4.84. The maximum atomic E-state index is 1.62. The molecule has 68 valence electrons. The van der Waals surface area contributed by atoms with Crippen LogP contribution in [0.3, 0.4) is 0 Å². The number of hydrogen-bond acceptors (Lipinski definition) is 0. The van der Waals surface area contributed by atoms with Gasteiger partial charge in [-0.3, -0.25) is 0 Å². The molecular weight excluding hydrogens is 144 g/mol. The molecule has 0 amide bonds.